The number of amides is 2. The largest absolute Gasteiger partial charge is 0.467 e. The van der Waals surface area contributed by atoms with Crippen molar-refractivity contribution < 1.29 is 13.9 Å². The number of anilines is 1. The number of carbonyl (C=O) groups is 1. The summed E-state index contributed by atoms with van der Waals surface area (Å²) in [5.74, 6) is 0.758. The van der Waals surface area contributed by atoms with Gasteiger partial charge in [0.2, 0.25) is 0 Å². The first-order chi connectivity index (χ1) is 11.2. The Balaban J connectivity index is 1.67. The van der Waals surface area contributed by atoms with Crippen LogP contribution in [0.4, 0.5) is 10.5 Å². The van der Waals surface area contributed by atoms with Gasteiger partial charge in [-0.1, -0.05) is 15.9 Å². The molecule has 122 valence electrons. The first-order valence-electron chi connectivity index (χ1n) is 7.66. The molecule has 1 aliphatic heterocycles. The van der Waals surface area contributed by atoms with Crippen molar-refractivity contribution in [1.29, 1.82) is 0 Å². The Kier molecular flexibility index (Phi) is 5.35. The average Bonchev–Trinajstić information content (AvgIpc) is 3.22. The van der Waals surface area contributed by atoms with E-state index in [-0.39, 0.29) is 12.1 Å². The predicted molar refractivity (Wildman–Crippen MR) is 91.3 cm³/mol. The molecule has 5 nitrogen and oxygen atoms in total. The molecule has 0 spiro atoms. The van der Waals surface area contributed by atoms with Crippen LogP contribution in [0.25, 0.3) is 0 Å². The Morgan fingerprint density at radius 3 is 2.78 bits per heavy atom. The Morgan fingerprint density at radius 1 is 1.30 bits per heavy atom. The molecule has 6 heteroatoms. The summed E-state index contributed by atoms with van der Waals surface area (Å²) in [5.41, 5.74) is 0.759. The summed E-state index contributed by atoms with van der Waals surface area (Å²) < 4.78 is 12.0. The number of halogens is 1. The third kappa shape index (κ3) is 4.59. The first kappa shape index (κ1) is 16.1. The molecule has 2 heterocycles. The molecule has 2 aromatic rings. The summed E-state index contributed by atoms with van der Waals surface area (Å²) in [6.45, 7) is 1.76. The van der Waals surface area contributed by atoms with Gasteiger partial charge in [-0.2, -0.15) is 0 Å². The van der Waals surface area contributed by atoms with Crippen LogP contribution in [0.2, 0.25) is 0 Å². The number of carbonyl (C=O) groups excluding carboxylic acids is 1. The maximum Gasteiger partial charge on any atom is 0.322 e. The zero-order valence-electron chi connectivity index (χ0n) is 12.7. The van der Waals surface area contributed by atoms with E-state index in [2.05, 4.69) is 21.2 Å². The summed E-state index contributed by atoms with van der Waals surface area (Å²) in [7, 11) is 0. The van der Waals surface area contributed by atoms with Gasteiger partial charge in [0.1, 0.15) is 5.76 Å². The van der Waals surface area contributed by atoms with Gasteiger partial charge < -0.3 is 19.4 Å². The zero-order valence-corrected chi connectivity index (χ0v) is 14.3. The normalized spacial score (nSPS) is 17.2. The maximum atomic E-state index is 12.6. The van der Waals surface area contributed by atoms with Crippen molar-refractivity contribution in [2.45, 2.75) is 25.5 Å². The fourth-order valence-corrected chi connectivity index (χ4v) is 2.84. The van der Waals surface area contributed by atoms with Crippen molar-refractivity contribution in [2.75, 3.05) is 18.5 Å². The van der Waals surface area contributed by atoms with E-state index in [1.807, 2.05) is 36.4 Å². The Bertz CT molecular complexity index is 622. The summed E-state index contributed by atoms with van der Waals surface area (Å²) >= 11 is 3.39. The molecule has 0 bridgehead atoms. The molecule has 1 aromatic heterocycles. The fourth-order valence-electron chi connectivity index (χ4n) is 2.58. The molecule has 1 aromatic carbocycles. The van der Waals surface area contributed by atoms with E-state index in [0.29, 0.717) is 13.1 Å². The van der Waals surface area contributed by atoms with Crippen molar-refractivity contribution in [2.24, 2.45) is 0 Å². The molecular weight excluding hydrogens is 360 g/mol. The SMILES string of the molecule is O=C(Nc1ccc(Br)cc1)N(Cc1ccco1)C[C@@H]1CCCO1. The lowest BCUT2D eigenvalue weighted by atomic mass is 10.2. The summed E-state index contributed by atoms with van der Waals surface area (Å²) in [4.78, 5) is 14.4. The van der Waals surface area contributed by atoms with E-state index < -0.39 is 0 Å². The molecule has 1 aliphatic rings. The second kappa shape index (κ2) is 7.66. The molecule has 1 atom stereocenters. The van der Waals surface area contributed by atoms with E-state index in [9.17, 15) is 4.79 Å². The van der Waals surface area contributed by atoms with Crippen LogP contribution in [-0.4, -0.2) is 30.2 Å². The Labute approximate surface area is 143 Å². The van der Waals surface area contributed by atoms with E-state index in [1.165, 1.54) is 0 Å². The topological polar surface area (TPSA) is 54.7 Å². The molecule has 23 heavy (non-hydrogen) atoms. The lowest BCUT2D eigenvalue weighted by molar-refractivity contribution is 0.0803. The molecule has 1 fully saturated rings. The van der Waals surface area contributed by atoms with Gasteiger partial charge in [0.25, 0.3) is 0 Å². The maximum absolute atomic E-state index is 12.6. The van der Waals surface area contributed by atoms with Crippen molar-refractivity contribution in [3.63, 3.8) is 0 Å². The molecule has 1 saturated heterocycles. The lowest BCUT2D eigenvalue weighted by Crippen LogP contribution is -2.39. The van der Waals surface area contributed by atoms with Crippen LogP contribution in [0.3, 0.4) is 0 Å². The minimum atomic E-state index is -0.153. The number of hydrogen-bond donors (Lipinski definition) is 1. The highest BCUT2D eigenvalue weighted by molar-refractivity contribution is 9.10. The average molecular weight is 379 g/mol. The van der Waals surface area contributed by atoms with Gasteiger partial charge in [0.15, 0.2) is 0 Å². The number of hydrogen-bond acceptors (Lipinski definition) is 3. The number of nitrogens with zero attached hydrogens (tertiary/aromatic N) is 1. The second-order valence-corrected chi connectivity index (χ2v) is 6.45. The van der Waals surface area contributed by atoms with E-state index in [1.54, 1.807) is 11.2 Å². The number of nitrogens with one attached hydrogen (secondary N) is 1. The van der Waals surface area contributed by atoms with Crippen molar-refractivity contribution in [3.8, 4) is 0 Å². The van der Waals surface area contributed by atoms with Crippen molar-refractivity contribution in [1.82, 2.24) is 4.90 Å². The monoisotopic (exact) mass is 378 g/mol. The van der Waals surface area contributed by atoms with Gasteiger partial charge in [0, 0.05) is 23.3 Å². The van der Waals surface area contributed by atoms with E-state index in [4.69, 9.17) is 9.15 Å². The minimum absolute atomic E-state index is 0.0978. The van der Waals surface area contributed by atoms with Gasteiger partial charge >= 0.3 is 6.03 Å². The summed E-state index contributed by atoms with van der Waals surface area (Å²) in [6.07, 6.45) is 3.75. The highest BCUT2D eigenvalue weighted by atomic mass is 79.9. The minimum Gasteiger partial charge on any atom is -0.467 e. The summed E-state index contributed by atoms with van der Waals surface area (Å²) in [6, 6.07) is 11.1. The molecule has 2 amide bonds. The quantitative estimate of drug-likeness (QED) is 0.845. The molecule has 0 saturated carbocycles. The number of urea groups is 1. The first-order valence-corrected chi connectivity index (χ1v) is 8.45. The lowest BCUT2D eigenvalue weighted by Gasteiger charge is -2.25. The smallest absolute Gasteiger partial charge is 0.322 e. The Hall–Kier alpha value is -1.79. The number of furan rings is 1. The molecule has 1 N–H and O–H groups in total. The third-order valence-corrected chi connectivity index (χ3v) is 4.29. The summed E-state index contributed by atoms with van der Waals surface area (Å²) in [5, 5.41) is 2.92. The third-order valence-electron chi connectivity index (χ3n) is 3.76. The van der Waals surface area contributed by atoms with Gasteiger partial charge in [-0.25, -0.2) is 4.79 Å². The standard InChI is InChI=1S/C17H19BrN2O3/c18-13-5-7-14(8-6-13)19-17(21)20(11-15-3-1-9-22-15)12-16-4-2-10-23-16/h1,3,5-9,16H,2,4,10-12H2,(H,19,21)/t16-/m0/s1. The highest BCUT2D eigenvalue weighted by Gasteiger charge is 2.23. The van der Waals surface area contributed by atoms with Gasteiger partial charge in [-0.3, -0.25) is 0 Å². The van der Waals surface area contributed by atoms with Crippen LogP contribution in [0.1, 0.15) is 18.6 Å². The van der Waals surface area contributed by atoms with Crippen molar-refractivity contribution >= 4 is 27.6 Å². The van der Waals surface area contributed by atoms with Crippen LogP contribution in [-0.2, 0) is 11.3 Å². The zero-order chi connectivity index (χ0) is 16.1. The molecule has 0 aliphatic carbocycles. The molecular formula is C17H19BrN2O3. The van der Waals surface area contributed by atoms with Gasteiger partial charge in [-0.05, 0) is 49.2 Å². The number of rotatable bonds is 5. The predicted octanol–water partition coefficient (Wildman–Crippen LogP) is 4.26. The Morgan fingerprint density at radius 2 is 2.13 bits per heavy atom. The fraction of sp³-hybridized carbons (Fsp3) is 0.353. The van der Waals surface area contributed by atoms with Gasteiger partial charge in [-0.15, -0.1) is 0 Å². The molecule has 0 radical (unpaired) electrons. The molecule has 3 rings (SSSR count). The van der Waals surface area contributed by atoms with Crippen LogP contribution in [0.5, 0.6) is 0 Å². The van der Waals surface area contributed by atoms with Crippen LogP contribution < -0.4 is 5.32 Å². The van der Waals surface area contributed by atoms with E-state index >= 15 is 0 Å². The van der Waals surface area contributed by atoms with Crippen LogP contribution >= 0.6 is 15.9 Å². The van der Waals surface area contributed by atoms with Crippen molar-refractivity contribution in [3.05, 3.63) is 52.9 Å². The van der Waals surface area contributed by atoms with Crippen LogP contribution in [0.15, 0.2) is 51.6 Å². The molecule has 0 unspecified atom stereocenters. The van der Waals surface area contributed by atoms with Crippen LogP contribution in [0, 0.1) is 0 Å². The second-order valence-electron chi connectivity index (χ2n) is 5.53. The number of ether oxygens (including phenoxy) is 1. The van der Waals surface area contributed by atoms with E-state index in [0.717, 1.165) is 35.4 Å². The van der Waals surface area contributed by atoms with Gasteiger partial charge in [0.05, 0.1) is 18.9 Å². The number of benzene rings is 1. The highest BCUT2D eigenvalue weighted by Crippen LogP contribution is 2.18.